The SMILES string of the molecule is CC(C)(C)N(Cc1ccc(C(=O)NCc2ccco2)o1)Cc1ccccc1F. The zero-order valence-corrected chi connectivity index (χ0v) is 16.4. The minimum Gasteiger partial charge on any atom is -0.467 e. The van der Waals surface area contributed by atoms with Crippen molar-refractivity contribution in [2.45, 2.75) is 45.9 Å². The summed E-state index contributed by atoms with van der Waals surface area (Å²) in [5.41, 5.74) is 0.414. The van der Waals surface area contributed by atoms with Crippen LogP contribution in [0.25, 0.3) is 0 Å². The molecule has 28 heavy (non-hydrogen) atoms. The quantitative estimate of drug-likeness (QED) is 0.639. The molecule has 3 aromatic rings. The molecular formula is C22H25FN2O3. The smallest absolute Gasteiger partial charge is 0.287 e. The van der Waals surface area contributed by atoms with E-state index in [-0.39, 0.29) is 23.0 Å². The second kappa shape index (κ2) is 8.44. The molecule has 0 atom stereocenters. The Labute approximate surface area is 164 Å². The Morgan fingerprint density at radius 3 is 2.50 bits per heavy atom. The zero-order valence-electron chi connectivity index (χ0n) is 16.4. The Morgan fingerprint density at radius 2 is 1.82 bits per heavy atom. The highest BCUT2D eigenvalue weighted by atomic mass is 19.1. The van der Waals surface area contributed by atoms with E-state index >= 15 is 0 Å². The van der Waals surface area contributed by atoms with E-state index in [9.17, 15) is 9.18 Å². The topological polar surface area (TPSA) is 58.6 Å². The lowest BCUT2D eigenvalue weighted by Gasteiger charge is -2.35. The van der Waals surface area contributed by atoms with Gasteiger partial charge in [0.05, 0.1) is 19.4 Å². The van der Waals surface area contributed by atoms with E-state index in [4.69, 9.17) is 8.83 Å². The van der Waals surface area contributed by atoms with Crippen LogP contribution in [0, 0.1) is 5.82 Å². The van der Waals surface area contributed by atoms with Crippen molar-refractivity contribution in [3.63, 3.8) is 0 Å². The summed E-state index contributed by atoms with van der Waals surface area (Å²) in [7, 11) is 0. The summed E-state index contributed by atoms with van der Waals surface area (Å²) in [6.07, 6.45) is 1.56. The minimum atomic E-state index is -0.306. The van der Waals surface area contributed by atoms with E-state index in [0.717, 1.165) is 0 Å². The van der Waals surface area contributed by atoms with Gasteiger partial charge >= 0.3 is 0 Å². The van der Waals surface area contributed by atoms with Crippen LogP contribution in [0.15, 0.2) is 63.6 Å². The van der Waals surface area contributed by atoms with Crippen LogP contribution in [0.1, 0.15) is 48.4 Å². The van der Waals surface area contributed by atoms with Crippen LogP contribution < -0.4 is 5.32 Å². The summed E-state index contributed by atoms with van der Waals surface area (Å²) >= 11 is 0. The molecule has 0 aliphatic heterocycles. The Hall–Kier alpha value is -2.86. The van der Waals surface area contributed by atoms with E-state index in [2.05, 4.69) is 31.0 Å². The average molecular weight is 384 g/mol. The second-order valence-electron chi connectivity index (χ2n) is 7.65. The molecule has 148 valence electrons. The van der Waals surface area contributed by atoms with Gasteiger partial charge in [0.1, 0.15) is 17.3 Å². The fraction of sp³-hybridized carbons (Fsp3) is 0.318. The summed E-state index contributed by atoms with van der Waals surface area (Å²) in [6.45, 7) is 7.39. The molecule has 3 rings (SSSR count). The van der Waals surface area contributed by atoms with Crippen molar-refractivity contribution in [1.82, 2.24) is 10.2 Å². The van der Waals surface area contributed by atoms with Gasteiger partial charge in [-0.3, -0.25) is 9.69 Å². The monoisotopic (exact) mass is 384 g/mol. The third-order valence-electron chi connectivity index (χ3n) is 4.50. The molecule has 0 radical (unpaired) electrons. The highest BCUT2D eigenvalue weighted by Gasteiger charge is 2.24. The minimum absolute atomic E-state index is 0.212. The lowest BCUT2D eigenvalue weighted by Crippen LogP contribution is -2.40. The summed E-state index contributed by atoms with van der Waals surface area (Å²) in [5.74, 6) is 1.02. The van der Waals surface area contributed by atoms with Crippen LogP contribution >= 0.6 is 0 Å². The number of hydrogen-bond donors (Lipinski definition) is 1. The first kappa shape index (κ1) is 19.9. The van der Waals surface area contributed by atoms with E-state index in [0.29, 0.717) is 36.7 Å². The maximum Gasteiger partial charge on any atom is 0.287 e. The molecule has 1 N–H and O–H groups in total. The Morgan fingerprint density at radius 1 is 1.04 bits per heavy atom. The van der Waals surface area contributed by atoms with Crippen LogP contribution in [0.3, 0.4) is 0 Å². The summed E-state index contributed by atoms with van der Waals surface area (Å²) in [5, 5.41) is 2.76. The molecule has 2 heterocycles. The number of nitrogens with zero attached hydrogens (tertiary/aromatic N) is 1. The van der Waals surface area contributed by atoms with Gasteiger partial charge < -0.3 is 14.2 Å². The maximum absolute atomic E-state index is 14.1. The third-order valence-corrected chi connectivity index (χ3v) is 4.50. The van der Waals surface area contributed by atoms with Crippen molar-refractivity contribution in [3.05, 3.63) is 83.5 Å². The van der Waals surface area contributed by atoms with Gasteiger partial charge in [-0.15, -0.1) is 0 Å². The Balaban J connectivity index is 1.66. The van der Waals surface area contributed by atoms with Gasteiger partial charge in [-0.2, -0.15) is 0 Å². The highest BCUT2D eigenvalue weighted by molar-refractivity contribution is 5.91. The largest absolute Gasteiger partial charge is 0.467 e. The lowest BCUT2D eigenvalue weighted by atomic mass is 10.0. The van der Waals surface area contributed by atoms with Crippen molar-refractivity contribution in [1.29, 1.82) is 0 Å². The third kappa shape index (κ3) is 5.10. The van der Waals surface area contributed by atoms with E-state index in [1.165, 1.54) is 6.07 Å². The predicted molar refractivity (Wildman–Crippen MR) is 104 cm³/mol. The van der Waals surface area contributed by atoms with E-state index < -0.39 is 0 Å². The highest BCUT2D eigenvalue weighted by Crippen LogP contribution is 2.23. The number of halogens is 1. The molecule has 5 nitrogen and oxygen atoms in total. The molecule has 0 saturated heterocycles. The number of nitrogens with one attached hydrogen (secondary N) is 1. The molecule has 2 aromatic heterocycles. The number of carbonyl (C=O) groups is 1. The summed E-state index contributed by atoms with van der Waals surface area (Å²) in [6, 6.07) is 13.7. The number of hydrogen-bond acceptors (Lipinski definition) is 4. The molecule has 1 amide bonds. The molecule has 0 fully saturated rings. The van der Waals surface area contributed by atoms with E-state index in [1.54, 1.807) is 42.7 Å². The standard InChI is InChI=1S/C22H25FN2O3/c1-22(2,3)25(14-16-7-4-5-9-19(16)23)15-18-10-11-20(28-18)21(26)24-13-17-8-6-12-27-17/h4-12H,13-15H2,1-3H3,(H,24,26). The average Bonchev–Trinajstić information content (AvgIpc) is 3.32. The van der Waals surface area contributed by atoms with Gasteiger partial charge in [0.15, 0.2) is 5.76 Å². The van der Waals surface area contributed by atoms with Crippen LogP contribution in [0.5, 0.6) is 0 Å². The number of amides is 1. The van der Waals surface area contributed by atoms with Crippen LogP contribution in [-0.4, -0.2) is 16.3 Å². The molecule has 0 saturated carbocycles. The Bertz CT molecular complexity index is 910. The summed E-state index contributed by atoms with van der Waals surface area (Å²) in [4.78, 5) is 14.4. The van der Waals surface area contributed by atoms with Gasteiger partial charge in [-0.1, -0.05) is 18.2 Å². The molecule has 1 aromatic carbocycles. The molecular weight excluding hydrogens is 359 g/mol. The lowest BCUT2D eigenvalue weighted by molar-refractivity contribution is 0.0900. The second-order valence-corrected chi connectivity index (χ2v) is 7.65. The van der Waals surface area contributed by atoms with Gasteiger partial charge in [-0.25, -0.2) is 4.39 Å². The number of benzene rings is 1. The number of carbonyl (C=O) groups excluding carboxylic acids is 1. The van der Waals surface area contributed by atoms with Gasteiger partial charge in [0.2, 0.25) is 0 Å². The van der Waals surface area contributed by atoms with Crippen molar-refractivity contribution < 1.29 is 18.0 Å². The fourth-order valence-corrected chi connectivity index (χ4v) is 2.80. The maximum atomic E-state index is 14.1. The van der Waals surface area contributed by atoms with Gasteiger partial charge in [0.25, 0.3) is 5.91 Å². The molecule has 0 unspecified atom stereocenters. The van der Waals surface area contributed by atoms with Crippen molar-refractivity contribution in [2.24, 2.45) is 0 Å². The molecule has 0 aliphatic rings. The van der Waals surface area contributed by atoms with Crippen molar-refractivity contribution >= 4 is 5.91 Å². The number of furan rings is 2. The van der Waals surface area contributed by atoms with Gasteiger partial charge in [0, 0.05) is 17.6 Å². The van der Waals surface area contributed by atoms with Crippen LogP contribution in [-0.2, 0) is 19.6 Å². The van der Waals surface area contributed by atoms with Crippen molar-refractivity contribution in [3.8, 4) is 0 Å². The summed E-state index contributed by atoms with van der Waals surface area (Å²) < 4.78 is 25.0. The molecule has 0 aliphatic carbocycles. The normalized spacial score (nSPS) is 11.8. The van der Waals surface area contributed by atoms with Crippen LogP contribution in [0.4, 0.5) is 4.39 Å². The van der Waals surface area contributed by atoms with Crippen molar-refractivity contribution in [2.75, 3.05) is 0 Å². The predicted octanol–water partition coefficient (Wildman–Crippen LogP) is 4.74. The van der Waals surface area contributed by atoms with Gasteiger partial charge in [-0.05, 0) is 51.1 Å². The first-order valence-electron chi connectivity index (χ1n) is 9.20. The first-order chi connectivity index (χ1) is 13.3. The molecule has 6 heteroatoms. The molecule has 0 spiro atoms. The number of rotatable bonds is 7. The van der Waals surface area contributed by atoms with E-state index in [1.807, 2.05) is 6.07 Å². The van der Waals surface area contributed by atoms with Crippen LogP contribution in [0.2, 0.25) is 0 Å². The Kier molecular flexibility index (Phi) is 5.99. The first-order valence-corrected chi connectivity index (χ1v) is 9.20. The molecule has 0 bridgehead atoms. The fourth-order valence-electron chi connectivity index (χ4n) is 2.80. The zero-order chi connectivity index (χ0) is 20.1.